The van der Waals surface area contributed by atoms with Crippen LogP contribution in [0, 0.1) is 0 Å². The summed E-state index contributed by atoms with van der Waals surface area (Å²) in [5.74, 6) is 0. The van der Waals surface area contributed by atoms with Crippen LogP contribution in [0.5, 0.6) is 0 Å². The topological polar surface area (TPSA) is 6.48 Å². The van der Waals surface area contributed by atoms with Gasteiger partial charge in [0.25, 0.3) is 0 Å². The van der Waals surface area contributed by atoms with Crippen molar-refractivity contribution in [2.24, 2.45) is 0 Å². The van der Waals surface area contributed by atoms with Crippen LogP contribution in [0.15, 0.2) is 121 Å². The molecule has 0 spiro atoms. The maximum Gasteiger partial charge on any atom is 0.0283 e. The van der Waals surface area contributed by atoms with Crippen LogP contribution < -0.4 is 21.2 Å². The van der Waals surface area contributed by atoms with Gasteiger partial charge in [-0.2, -0.15) is 0 Å². The molecule has 4 aromatic carbocycles. The lowest BCUT2D eigenvalue weighted by Crippen LogP contribution is -2.46. The fraction of sp³-hybridized carbons (Fsp3) is 0.250. The lowest BCUT2D eigenvalue weighted by Gasteiger charge is -2.45. The fourth-order valence-electron chi connectivity index (χ4n) is 4.74. The summed E-state index contributed by atoms with van der Waals surface area (Å²) in [7, 11) is 3.38. The molecule has 186 valence electrons. The quantitative estimate of drug-likeness (QED) is 0.224. The van der Waals surface area contributed by atoms with E-state index in [-0.39, 0.29) is 5.54 Å². The Morgan fingerprint density at radius 2 is 0.861 bits per heavy atom. The van der Waals surface area contributed by atoms with Gasteiger partial charge in [-0.15, -0.1) is 0 Å². The van der Waals surface area contributed by atoms with Crippen LogP contribution in [-0.2, 0) is 0 Å². The number of nitrogens with zero attached hydrogens (tertiary/aromatic N) is 2. The lowest BCUT2D eigenvalue weighted by molar-refractivity contribution is 0.215. The smallest absolute Gasteiger partial charge is 0.0283 e. The Labute approximate surface area is 220 Å². The number of rotatable bonds is 10. The van der Waals surface area contributed by atoms with E-state index < -0.39 is 16.1 Å². The third-order valence-electron chi connectivity index (χ3n) is 6.93. The summed E-state index contributed by atoms with van der Waals surface area (Å²) >= 11 is 0. The average molecular weight is 513 g/mol. The van der Waals surface area contributed by atoms with Crippen molar-refractivity contribution >= 4 is 37.4 Å². The van der Waals surface area contributed by atoms with E-state index in [4.69, 9.17) is 0 Å². The summed E-state index contributed by atoms with van der Waals surface area (Å²) in [5.41, 5.74) is -0.000553. The number of hydrogen-bond acceptors (Lipinski definition) is 2. The Hall–Kier alpha value is -2.34. The minimum Gasteiger partial charge on any atom is -0.275 e. The Kier molecular flexibility index (Phi) is 9.10. The summed E-state index contributed by atoms with van der Waals surface area (Å²) in [4.78, 5) is 0. The third kappa shape index (κ3) is 6.31. The van der Waals surface area contributed by atoms with Gasteiger partial charge in [0.05, 0.1) is 0 Å². The minimum absolute atomic E-state index is 0.000553. The highest BCUT2D eigenvalue weighted by molar-refractivity contribution is 7.71. The zero-order chi connectivity index (χ0) is 25.5. The molecule has 0 N–H and O–H groups in total. The second-order valence-electron chi connectivity index (χ2n) is 9.93. The van der Waals surface area contributed by atoms with Gasteiger partial charge in [0.1, 0.15) is 0 Å². The largest absolute Gasteiger partial charge is 0.275 e. The van der Waals surface area contributed by atoms with Gasteiger partial charge in [-0.1, -0.05) is 121 Å². The van der Waals surface area contributed by atoms with Crippen LogP contribution in [0.25, 0.3) is 0 Å². The van der Waals surface area contributed by atoms with Crippen molar-refractivity contribution in [2.75, 3.05) is 14.1 Å². The Bertz CT molecular complexity index is 1110. The number of benzene rings is 4. The molecule has 0 aliphatic rings. The van der Waals surface area contributed by atoms with Gasteiger partial charge in [0.2, 0.25) is 0 Å². The lowest BCUT2D eigenvalue weighted by atomic mass is 9.96. The number of hydrogen-bond donors (Lipinski definition) is 0. The molecule has 0 fully saturated rings. The summed E-state index contributed by atoms with van der Waals surface area (Å²) in [6.45, 7) is 7.21. The van der Waals surface area contributed by atoms with E-state index in [0.717, 1.165) is 6.42 Å². The van der Waals surface area contributed by atoms with Crippen molar-refractivity contribution < 1.29 is 0 Å². The summed E-state index contributed by atoms with van der Waals surface area (Å²) in [6, 6.07) is 44.4. The molecule has 0 radical (unpaired) electrons. The van der Waals surface area contributed by atoms with Crippen LogP contribution in [0.1, 0.15) is 27.2 Å². The highest BCUT2D eigenvalue weighted by Crippen LogP contribution is 2.45. The van der Waals surface area contributed by atoms with E-state index in [1.54, 1.807) is 0 Å². The molecule has 4 heteroatoms. The second-order valence-corrected chi connectivity index (χ2v) is 14.5. The highest BCUT2D eigenvalue weighted by atomic mass is 31.1. The van der Waals surface area contributed by atoms with Crippen molar-refractivity contribution in [3.05, 3.63) is 121 Å². The molecule has 1 unspecified atom stereocenters. The SMILES string of the molecule is CC(CC(C)(C)N(C)P(c1ccccc1)c1ccccc1)N(C)P(c1ccccc1)c1ccccc1. The molecule has 0 bridgehead atoms. The molecule has 4 rings (SSSR count). The second kappa shape index (κ2) is 12.3. The molecule has 0 aromatic heterocycles. The molecular formula is C32H38N2P2. The Morgan fingerprint density at radius 1 is 0.556 bits per heavy atom. The Morgan fingerprint density at radius 3 is 1.19 bits per heavy atom. The van der Waals surface area contributed by atoms with Crippen LogP contribution >= 0.6 is 16.1 Å². The predicted molar refractivity (Wildman–Crippen MR) is 162 cm³/mol. The van der Waals surface area contributed by atoms with Gasteiger partial charge in [-0.05, 0) is 62.5 Å². The molecule has 36 heavy (non-hydrogen) atoms. The van der Waals surface area contributed by atoms with Gasteiger partial charge in [0.15, 0.2) is 0 Å². The monoisotopic (exact) mass is 512 g/mol. The predicted octanol–water partition coefficient (Wildman–Crippen LogP) is 6.50. The summed E-state index contributed by atoms with van der Waals surface area (Å²) < 4.78 is 5.24. The third-order valence-corrected chi connectivity index (χ3v) is 12.2. The standard InChI is InChI=1S/C32H38N2P2/c1-27(33(4)35(28-18-10-6-11-19-28)29-20-12-7-13-21-29)26-32(2,3)34(5)36(30-22-14-8-15-23-30)31-24-16-9-17-25-31/h6-25,27H,26H2,1-5H3. The molecule has 4 aromatic rings. The van der Waals surface area contributed by atoms with Crippen LogP contribution in [0.3, 0.4) is 0 Å². The minimum atomic E-state index is -0.633. The first-order chi connectivity index (χ1) is 17.4. The Balaban J connectivity index is 1.61. The van der Waals surface area contributed by atoms with E-state index in [9.17, 15) is 0 Å². The van der Waals surface area contributed by atoms with E-state index in [0.29, 0.717) is 6.04 Å². The van der Waals surface area contributed by atoms with Gasteiger partial charge < -0.3 is 0 Å². The first-order valence-corrected chi connectivity index (χ1v) is 15.2. The van der Waals surface area contributed by atoms with E-state index in [1.165, 1.54) is 21.2 Å². The zero-order valence-electron chi connectivity index (χ0n) is 22.1. The van der Waals surface area contributed by atoms with Crippen LogP contribution in [-0.4, -0.2) is 35.0 Å². The molecule has 2 nitrogen and oxygen atoms in total. The maximum atomic E-state index is 2.63. The first kappa shape index (κ1) is 26.7. The highest BCUT2D eigenvalue weighted by Gasteiger charge is 2.35. The molecule has 0 amide bonds. The first-order valence-electron chi connectivity index (χ1n) is 12.7. The van der Waals surface area contributed by atoms with E-state index in [1.807, 2.05) is 0 Å². The normalized spacial score (nSPS) is 13.0. The molecule has 1 atom stereocenters. The maximum absolute atomic E-state index is 2.63. The summed E-state index contributed by atoms with van der Waals surface area (Å²) in [6.07, 6.45) is 1.07. The molecule has 0 heterocycles. The molecular weight excluding hydrogens is 474 g/mol. The zero-order valence-corrected chi connectivity index (χ0v) is 23.9. The summed E-state index contributed by atoms with van der Waals surface area (Å²) in [5, 5.41) is 5.59. The average Bonchev–Trinajstić information content (AvgIpc) is 2.91. The molecule has 0 saturated carbocycles. The van der Waals surface area contributed by atoms with Gasteiger partial charge in [-0.25, -0.2) is 0 Å². The van der Waals surface area contributed by atoms with Crippen LogP contribution in [0.2, 0.25) is 0 Å². The van der Waals surface area contributed by atoms with Gasteiger partial charge in [0, 0.05) is 27.7 Å². The van der Waals surface area contributed by atoms with Crippen molar-refractivity contribution in [1.82, 2.24) is 9.34 Å². The van der Waals surface area contributed by atoms with E-state index >= 15 is 0 Å². The van der Waals surface area contributed by atoms with Crippen molar-refractivity contribution in [3.8, 4) is 0 Å². The van der Waals surface area contributed by atoms with Crippen molar-refractivity contribution in [1.29, 1.82) is 0 Å². The molecule has 0 aliphatic heterocycles. The molecule has 0 saturated heterocycles. The van der Waals surface area contributed by atoms with Crippen LogP contribution in [0.4, 0.5) is 0 Å². The van der Waals surface area contributed by atoms with E-state index in [2.05, 4.69) is 166 Å². The molecule has 0 aliphatic carbocycles. The fourth-order valence-corrected chi connectivity index (χ4v) is 9.68. The van der Waals surface area contributed by atoms with Crippen molar-refractivity contribution in [2.45, 2.75) is 38.8 Å². The van der Waals surface area contributed by atoms with Gasteiger partial charge >= 0.3 is 0 Å². The van der Waals surface area contributed by atoms with Crippen molar-refractivity contribution in [3.63, 3.8) is 0 Å². The van der Waals surface area contributed by atoms with Gasteiger partial charge in [-0.3, -0.25) is 9.34 Å².